The number of hydrogen-bond acceptors (Lipinski definition) is 3. The van der Waals surface area contributed by atoms with Crippen LogP contribution in [0.2, 0.25) is 5.02 Å². The SMILES string of the molecule is COc1ccc(Cl)cc1CC(=O)c1cccc(N(C)C)c1. The first-order valence-electron chi connectivity index (χ1n) is 6.64. The molecule has 0 saturated heterocycles. The minimum absolute atomic E-state index is 0.0410. The van der Waals surface area contributed by atoms with Gasteiger partial charge in [-0.2, -0.15) is 0 Å². The Morgan fingerprint density at radius 1 is 1.19 bits per heavy atom. The second-order valence-electron chi connectivity index (χ2n) is 5.00. The molecule has 0 N–H and O–H groups in total. The van der Waals surface area contributed by atoms with Gasteiger partial charge in [0.1, 0.15) is 5.75 Å². The maximum atomic E-state index is 12.5. The summed E-state index contributed by atoms with van der Waals surface area (Å²) in [6, 6.07) is 12.9. The van der Waals surface area contributed by atoms with Crippen LogP contribution in [0.15, 0.2) is 42.5 Å². The molecule has 2 rings (SSSR count). The van der Waals surface area contributed by atoms with E-state index in [-0.39, 0.29) is 12.2 Å². The number of hydrogen-bond donors (Lipinski definition) is 0. The summed E-state index contributed by atoms with van der Waals surface area (Å²) in [5, 5.41) is 0.598. The second kappa shape index (κ2) is 6.64. The normalized spacial score (nSPS) is 10.3. The van der Waals surface area contributed by atoms with Crippen molar-refractivity contribution in [3.8, 4) is 5.75 Å². The number of nitrogens with zero attached hydrogens (tertiary/aromatic N) is 1. The molecule has 0 heterocycles. The van der Waals surface area contributed by atoms with E-state index >= 15 is 0 Å². The predicted octanol–water partition coefficient (Wildman–Crippen LogP) is 3.84. The van der Waals surface area contributed by atoms with Gasteiger partial charge >= 0.3 is 0 Å². The van der Waals surface area contributed by atoms with Gasteiger partial charge in [0.05, 0.1) is 7.11 Å². The van der Waals surface area contributed by atoms with E-state index in [4.69, 9.17) is 16.3 Å². The predicted molar refractivity (Wildman–Crippen MR) is 86.8 cm³/mol. The fourth-order valence-electron chi connectivity index (χ4n) is 2.12. The topological polar surface area (TPSA) is 29.5 Å². The Hall–Kier alpha value is -2.00. The van der Waals surface area contributed by atoms with Gasteiger partial charge in [0, 0.05) is 42.4 Å². The summed E-state index contributed by atoms with van der Waals surface area (Å²) in [7, 11) is 5.48. The van der Waals surface area contributed by atoms with Gasteiger partial charge in [-0.15, -0.1) is 0 Å². The van der Waals surface area contributed by atoms with Crippen LogP contribution < -0.4 is 9.64 Å². The lowest BCUT2D eigenvalue weighted by Gasteiger charge is -2.13. The summed E-state index contributed by atoms with van der Waals surface area (Å²) in [6.07, 6.45) is 0.264. The molecule has 0 aliphatic rings. The van der Waals surface area contributed by atoms with Crippen LogP contribution in [-0.2, 0) is 6.42 Å². The van der Waals surface area contributed by atoms with Gasteiger partial charge in [-0.3, -0.25) is 4.79 Å². The zero-order valence-electron chi connectivity index (χ0n) is 12.4. The number of anilines is 1. The van der Waals surface area contributed by atoms with Gasteiger partial charge in [0.2, 0.25) is 0 Å². The average molecular weight is 304 g/mol. The molecule has 21 heavy (non-hydrogen) atoms. The summed E-state index contributed by atoms with van der Waals surface area (Å²) in [5.41, 5.74) is 2.48. The molecule has 2 aromatic carbocycles. The Morgan fingerprint density at radius 3 is 2.62 bits per heavy atom. The highest BCUT2D eigenvalue weighted by Gasteiger charge is 2.12. The molecule has 0 unspecified atom stereocenters. The molecule has 4 heteroatoms. The van der Waals surface area contributed by atoms with Gasteiger partial charge < -0.3 is 9.64 Å². The Kier molecular flexibility index (Phi) is 4.86. The van der Waals surface area contributed by atoms with Gasteiger partial charge in [-0.05, 0) is 30.3 Å². The molecule has 0 radical (unpaired) electrons. The number of benzene rings is 2. The van der Waals surface area contributed by atoms with E-state index in [1.54, 1.807) is 25.3 Å². The number of Topliss-reactive ketones (excluding diaryl/α,β-unsaturated/α-hetero) is 1. The zero-order chi connectivity index (χ0) is 15.4. The third-order valence-electron chi connectivity index (χ3n) is 3.28. The number of methoxy groups -OCH3 is 1. The largest absolute Gasteiger partial charge is 0.496 e. The highest BCUT2D eigenvalue weighted by Crippen LogP contribution is 2.24. The van der Waals surface area contributed by atoms with E-state index in [9.17, 15) is 4.79 Å². The molecule has 0 amide bonds. The van der Waals surface area contributed by atoms with Crippen molar-refractivity contribution in [2.24, 2.45) is 0 Å². The number of carbonyl (C=O) groups is 1. The smallest absolute Gasteiger partial charge is 0.167 e. The van der Waals surface area contributed by atoms with Crippen molar-refractivity contribution in [2.45, 2.75) is 6.42 Å². The maximum Gasteiger partial charge on any atom is 0.167 e. The quantitative estimate of drug-likeness (QED) is 0.786. The van der Waals surface area contributed by atoms with Crippen LogP contribution in [0.25, 0.3) is 0 Å². The van der Waals surface area contributed by atoms with Gasteiger partial charge in [0.25, 0.3) is 0 Å². The van der Waals surface area contributed by atoms with Gasteiger partial charge in [-0.25, -0.2) is 0 Å². The summed E-state index contributed by atoms with van der Waals surface area (Å²) >= 11 is 6.00. The molecule has 2 aromatic rings. The summed E-state index contributed by atoms with van der Waals surface area (Å²) in [5.74, 6) is 0.718. The van der Waals surface area contributed by atoms with Crippen LogP contribution in [-0.4, -0.2) is 27.0 Å². The summed E-state index contributed by atoms with van der Waals surface area (Å²) < 4.78 is 5.28. The minimum atomic E-state index is 0.0410. The van der Waals surface area contributed by atoms with Gasteiger partial charge in [0.15, 0.2) is 5.78 Å². The lowest BCUT2D eigenvalue weighted by atomic mass is 10.0. The highest BCUT2D eigenvalue weighted by molar-refractivity contribution is 6.30. The van der Waals surface area contributed by atoms with Crippen molar-refractivity contribution in [1.82, 2.24) is 0 Å². The van der Waals surface area contributed by atoms with Crippen LogP contribution in [0, 0.1) is 0 Å². The number of halogens is 1. The third-order valence-corrected chi connectivity index (χ3v) is 3.51. The van der Waals surface area contributed by atoms with Crippen molar-refractivity contribution < 1.29 is 9.53 Å². The zero-order valence-corrected chi connectivity index (χ0v) is 13.1. The lowest BCUT2D eigenvalue weighted by molar-refractivity contribution is 0.0992. The second-order valence-corrected chi connectivity index (χ2v) is 5.44. The molecule has 0 aliphatic heterocycles. The molecule has 3 nitrogen and oxygen atoms in total. The molecule has 0 aromatic heterocycles. The van der Waals surface area contributed by atoms with E-state index in [0.717, 1.165) is 11.3 Å². The van der Waals surface area contributed by atoms with Crippen molar-refractivity contribution in [3.63, 3.8) is 0 Å². The van der Waals surface area contributed by atoms with Gasteiger partial charge in [-0.1, -0.05) is 23.7 Å². The Morgan fingerprint density at radius 2 is 1.95 bits per heavy atom. The van der Waals surface area contributed by atoms with Crippen molar-refractivity contribution in [1.29, 1.82) is 0 Å². The Labute approximate surface area is 130 Å². The lowest BCUT2D eigenvalue weighted by Crippen LogP contribution is -2.10. The number of rotatable bonds is 5. The van der Waals surface area contributed by atoms with Crippen LogP contribution in [0.3, 0.4) is 0 Å². The van der Waals surface area contributed by atoms with Crippen LogP contribution in [0.4, 0.5) is 5.69 Å². The van der Waals surface area contributed by atoms with Crippen LogP contribution in [0.1, 0.15) is 15.9 Å². The molecule has 0 aliphatic carbocycles. The average Bonchev–Trinajstić information content (AvgIpc) is 2.47. The minimum Gasteiger partial charge on any atom is -0.496 e. The van der Waals surface area contributed by atoms with E-state index in [1.165, 1.54) is 0 Å². The molecule has 0 fully saturated rings. The molecular formula is C17H18ClNO2. The van der Waals surface area contributed by atoms with Crippen molar-refractivity contribution in [3.05, 3.63) is 58.6 Å². The first-order valence-corrected chi connectivity index (χ1v) is 7.02. The fourth-order valence-corrected chi connectivity index (χ4v) is 2.31. The molecule has 0 spiro atoms. The Bertz CT molecular complexity index is 653. The standard InChI is InChI=1S/C17H18ClNO2/c1-19(2)15-6-4-5-12(10-15)16(20)11-13-9-14(18)7-8-17(13)21-3/h4-10H,11H2,1-3H3. The third kappa shape index (κ3) is 3.76. The molecule has 0 bridgehead atoms. The summed E-state index contributed by atoms with van der Waals surface area (Å²) in [4.78, 5) is 14.4. The Balaban J connectivity index is 2.26. The van der Waals surface area contributed by atoms with Crippen molar-refractivity contribution in [2.75, 3.05) is 26.1 Å². The highest BCUT2D eigenvalue weighted by atomic mass is 35.5. The molecular weight excluding hydrogens is 286 g/mol. The molecule has 0 atom stereocenters. The van der Waals surface area contributed by atoms with Crippen LogP contribution >= 0.6 is 11.6 Å². The van der Waals surface area contributed by atoms with E-state index in [1.807, 2.05) is 43.3 Å². The summed E-state index contributed by atoms with van der Waals surface area (Å²) in [6.45, 7) is 0. The fraction of sp³-hybridized carbons (Fsp3) is 0.235. The number of ketones is 1. The van der Waals surface area contributed by atoms with E-state index in [2.05, 4.69) is 0 Å². The van der Waals surface area contributed by atoms with Crippen LogP contribution in [0.5, 0.6) is 5.75 Å². The van der Waals surface area contributed by atoms with Crippen molar-refractivity contribution >= 4 is 23.1 Å². The number of ether oxygens (including phenoxy) is 1. The first kappa shape index (κ1) is 15.4. The maximum absolute atomic E-state index is 12.5. The monoisotopic (exact) mass is 303 g/mol. The number of carbonyl (C=O) groups excluding carboxylic acids is 1. The molecule has 0 saturated carbocycles. The van der Waals surface area contributed by atoms with E-state index < -0.39 is 0 Å². The molecule has 110 valence electrons. The van der Waals surface area contributed by atoms with E-state index in [0.29, 0.717) is 16.3 Å². The first-order chi connectivity index (χ1) is 10.0.